The van der Waals surface area contributed by atoms with E-state index in [1.54, 1.807) is 31.5 Å². The SMILES string of the molecule is [2H]C(CSS[C@H](C)[C@](O)(Cn1cncn1)c1cc(F)ccc1F)c1ccncc1. The van der Waals surface area contributed by atoms with E-state index in [-0.39, 0.29) is 12.1 Å². The Bertz CT molecular complexity index is 920. The maximum Gasteiger partial charge on any atom is 0.137 e. The van der Waals surface area contributed by atoms with Crippen LogP contribution >= 0.6 is 21.6 Å². The van der Waals surface area contributed by atoms with Crippen molar-refractivity contribution in [1.82, 2.24) is 19.7 Å². The van der Waals surface area contributed by atoms with E-state index in [2.05, 4.69) is 15.1 Å². The highest BCUT2D eigenvalue weighted by atomic mass is 33.1. The van der Waals surface area contributed by atoms with Crippen LogP contribution in [0.25, 0.3) is 0 Å². The van der Waals surface area contributed by atoms with Crippen molar-refractivity contribution < 1.29 is 15.3 Å². The van der Waals surface area contributed by atoms with Gasteiger partial charge in [0.15, 0.2) is 0 Å². The predicted molar refractivity (Wildman–Crippen MR) is 108 cm³/mol. The molecular weight excluding hydrogens is 402 g/mol. The second-order valence-electron chi connectivity index (χ2n) is 6.15. The molecule has 0 fully saturated rings. The smallest absolute Gasteiger partial charge is 0.137 e. The Morgan fingerprint density at radius 2 is 2.04 bits per heavy atom. The lowest BCUT2D eigenvalue weighted by atomic mass is 9.90. The Kier molecular flexibility index (Phi) is 6.56. The average molecular weight is 424 g/mol. The third-order valence-corrected chi connectivity index (χ3v) is 7.04. The first-order valence-corrected chi connectivity index (χ1v) is 10.9. The van der Waals surface area contributed by atoms with E-state index in [4.69, 9.17) is 1.37 Å². The molecule has 2 aromatic heterocycles. The first-order valence-electron chi connectivity index (χ1n) is 9.08. The first kappa shape index (κ1) is 19.4. The van der Waals surface area contributed by atoms with Crippen molar-refractivity contribution in [2.75, 3.05) is 5.75 Å². The maximum absolute atomic E-state index is 14.5. The number of benzene rings is 1. The van der Waals surface area contributed by atoms with Gasteiger partial charge in [0, 0.05) is 30.3 Å². The Morgan fingerprint density at radius 3 is 2.75 bits per heavy atom. The topological polar surface area (TPSA) is 63.8 Å². The van der Waals surface area contributed by atoms with E-state index in [1.165, 1.54) is 38.9 Å². The fraction of sp³-hybridized carbons (Fsp3) is 0.316. The molecule has 0 aliphatic heterocycles. The van der Waals surface area contributed by atoms with Gasteiger partial charge in [-0.25, -0.2) is 18.4 Å². The molecule has 0 aliphatic carbocycles. The molecule has 0 spiro atoms. The molecule has 0 saturated carbocycles. The average Bonchev–Trinajstić information content (AvgIpc) is 3.23. The zero-order valence-corrected chi connectivity index (χ0v) is 16.7. The van der Waals surface area contributed by atoms with Crippen LogP contribution in [0.2, 0.25) is 0 Å². The highest BCUT2D eigenvalue weighted by Crippen LogP contribution is 2.41. The Morgan fingerprint density at radius 1 is 1.25 bits per heavy atom. The molecule has 0 aliphatic rings. The molecule has 0 saturated heterocycles. The third-order valence-electron chi connectivity index (χ3n) is 4.24. The Balaban J connectivity index is 1.75. The number of nitrogens with zero attached hydrogens (tertiary/aromatic N) is 4. The van der Waals surface area contributed by atoms with Gasteiger partial charge in [-0.1, -0.05) is 21.6 Å². The highest BCUT2D eigenvalue weighted by Gasteiger charge is 2.40. The zero-order chi connectivity index (χ0) is 20.9. The fourth-order valence-corrected chi connectivity index (χ4v) is 5.11. The Hall–Kier alpha value is -1.97. The number of hydrogen-bond donors (Lipinski definition) is 1. The minimum absolute atomic E-state index is 0.0865. The largest absolute Gasteiger partial charge is 0.382 e. The van der Waals surface area contributed by atoms with Gasteiger partial charge in [-0.05, 0) is 49.2 Å². The predicted octanol–water partition coefficient (Wildman–Crippen LogP) is 3.85. The summed E-state index contributed by atoms with van der Waals surface area (Å²) in [4.78, 5) is 7.79. The van der Waals surface area contributed by atoms with Crippen LogP contribution in [-0.4, -0.2) is 35.9 Å². The van der Waals surface area contributed by atoms with Crippen LogP contribution in [0.4, 0.5) is 8.78 Å². The summed E-state index contributed by atoms with van der Waals surface area (Å²) in [5.74, 6) is -0.863. The van der Waals surface area contributed by atoms with Crippen molar-refractivity contribution in [2.24, 2.45) is 0 Å². The van der Waals surface area contributed by atoms with Gasteiger partial charge in [0.25, 0.3) is 0 Å². The fourth-order valence-electron chi connectivity index (χ4n) is 2.67. The van der Waals surface area contributed by atoms with Gasteiger partial charge >= 0.3 is 0 Å². The molecule has 1 unspecified atom stereocenters. The van der Waals surface area contributed by atoms with Crippen LogP contribution < -0.4 is 0 Å². The molecule has 3 atom stereocenters. The van der Waals surface area contributed by atoms with Gasteiger partial charge in [-0.15, -0.1) is 0 Å². The standard InChI is InChI=1S/C19H20F2N4OS2/c1-14(28-27-9-6-15-4-7-22-8-5-15)19(26,11-25-13-23-12-24-25)17-10-16(20)2-3-18(17)21/h2-5,7-8,10,12-14,26H,6,9,11H2,1H3/t14-,19-/m1/s1/i6D/t6?,14-,19-. The molecule has 1 N–H and O–H groups in total. The van der Waals surface area contributed by atoms with E-state index in [0.717, 1.165) is 23.8 Å². The molecule has 9 heteroatoms. The molecule has 0 amide bonds. The highest BCUT2D eigenvalue weighted by molar-refractivity contribution is 8.76. The normalized spacial score (nSPS) is 16.2. The second kappa shape index (κ2) is 9.49. The van der Waals surface area contributed by atoms with Crippen LogP contribution in [0.1, 0.15) is 19.4 Å². The van der Waals surface area contributed by atoms with Gasteiger partial charge in [-0.3, -0.25) is 4.98 Å². The van der Waals surface area contributed by atoms with Gasteiger partial charge < -0.3 is 5.11 Å². The molecule has 28 heavy (non-hydrogen) atoms. The van der Waals surface area contributed by atoms with Crippen LogP contribution in [0.15, 0.2) is 55.4 Å². The van der Waals surface area contributed by atoms with E-state index < -0.39 is 28.9 Å². The Labute approximate surface area is 171 Å². The number of aryl methyl sites for hydroxylation is 1. The van der Waals surface area contributed by atoms with E-state index >= 15 is 0 Å². The van der Waals surface area contributed by atoms with Crippen LogP contribution in [-0.2, 0) is 18.5 Å². The summed E-state index contributed by atoms with van der Waals surface area (Å²) in [6, 6.07) is 6.61. The van der Waals surface area contributed by atoms with Gasteiger partial charge in [0.2, 0.25) is 0 Å². The molecule has 5 nitrogen and oxygen atoms in total. The lowest BCUT2D eigenvalue weighted by Crippen LogP contribution is -2.41. The molecule has 0 bridgehead atoms. The summed E-state index contributed by atoms with van der Waals surface area (Å²) >= 11 is 0. The molecule has 1 aromatic carbocycles. The van der Waals surface area contributed by atoms with Crippen molar-refractivity contribution in [3.63, 3.8) is 0 Å². The van der Waals surface area contributed by atoms with Crippen molar-refractivity contribution >= 4 is 21.6 Å². The van der Waals surface area contributed by atoms with Gasteiger partial charge in [0.1, 0.15) is 29.9 Å². The van der Waals surface area contributed by atoms with Gasteiger partial charge in [-0.2, -0.15) is 5.10 Å². The number of rotatable bonds is 9. The van der Waals surface area contributed by atoms with Crippen LogP contribution in [0.3, 0.4) is 0 Å². The van der Waals surface area contributed by atoms with Crippen LogP contribution in [0.5, 0.6) is 0 Å². The molecule has 2 heterocycles. The lowest BCUT2D eigenvalue weighted by Gasteiger charge is -2.34. The zero-order valence-electron chi connectivity index (χ0n) is 16.1. The molecule has 148 valence electrons. The van der Waals surface area contributed by atoms with Crippen LogP contribution in [0, 0.1) is 11.6 Å². The second-order valence-corrected chi connectivity index (χ2v) is 8.90. The third kappa shape index (κ3) is 5.09. The summed E-state index contributed by atoms with van der Waals surface area (Å²) < 4.78 is 37.9. The minimum Gasteiger partial charge on any atom is -0.382 e. The number of pyridine rings is 1. The maximum atomic E-state index is 14.5. The summed E-state index contributed by atoms with van der Waals surface area (Å²) in [6.45, 7) is 1.65. The van der Waals surface area contributed by atoms with E-state index in [0.29, 0.717) is 5.75 Å². The minimum atomic E-state index is -1.73. The van der Waals surface area contributed by atoms with Gasteiger partial charge in [0.05, 0.1) is 6.54 Å². The molecule has 3 rings (SSSR count). The monoisotopic (exact) mass is 423 g/mol. The summed E-state index contributed by atoms with van der Waals surface area (Å²) in [5.41, 5.74) is -1.02. The van der Waals surface area contributed by atoms with E-state index in [9.17, 15) is 13.9 Å². The van der Waals surface area contributed by atoms with Crippen molar-refractivity contribution in [1.29, 1.82) is 0 Å². The number of aromatic nitrogens is 4. The van der Waals surface area contributed by atoms with Crippen molar-refractivity contribution in [3.05, 3.63) is 78.1 Å². The summed E-state index contributed by atoms with van der Waals surface area (Å²) in [6.07, 6.45) is 5.54. The quantitative estimate of drug-likeness (QED) is 0.528. The molecule has 0 radical (unpaired) electrons. The number of hydrogen-bond acceptors (Lipinski definition) is 6. The summed E-state index contributed by atoms with van der Waals surface area (Å²) in [5, 5.41) is 14.9. The number of aliphatic hydroxyl groups is 1. The molecular formula is C19H20F2N4OS2. The number of halogens is 2. The first-order chi connectivity index (χ1) is 13.9. The van der Waals surface area contributed by atoms with Crippen molar-refractivity contribution in [3.8, 4) is 0 Å². The lowest BCUT2D eigenvalue weighted by molar-refractivity contribution is 0.0135. The molecule has 3 aromatic rings. The van der Waals surface area contributed by atoms with Crippen molar-refractivity contribution in [2.45, 2.75) is 30.7 Å². The van der Waals surface area contributed by atoms with E-state index in [1.807, 2.05) is 0 Å². The summed E-state index contributed by atoms with van der Waals surface area (Å²) in [7, 11) is 2.71.